The molecule has 33 heavy (non-hydrogen) atoms. The van der Waals surface area contributed by atoms with Gasteiger partial charge in [0.2, 0.25) is 5.91 Å². The summed E-state index contributed by atoms with van der Waals surface area (Å²) in [5.74, 6) is -0.116. The van der Waals surface area contributed by atoms with Gasteiger partial charge in [-0.1, -0.05) is 65.9 Å². The molecule has 0 bridgehead atoms. The van der Waals surface area contributed by atoms with Crippen molar-refractivity contribution < 1.29 is 13.2 Å². The third-order valence-electron chi connectivity index (χ3n) is 4.80. The first-order valence-corrected chi connectivity index (χ1v) is 12.8. The molecule has 4 rings (SSSR count). The van der Waals surface area contributed by atoms with Gasteiger partial charge in [0.1, 0.15) is 5.75 Å². The predicted molar refractivity (Wildman–Crippen MR) is 129 cm³/mol. The highest BCUT2D eigenvalue weighted by Gasteiger charge is 2.23. The van der Waals surface area contributed by atoms with E-state index in [4.69, 9.17) is 0 Å². The van der Waals surface area contributed by atoms with Crippen molar-refractivity contribution in [1.82, 2.24) is 14.8 Å². The molecule has 1 amide bonds. The van der Waals surface area contributed by atoms with E-state index in [1.54, 1.807) is 28.8 Å². The van der Waals surface area contributed by atoms with Crippen LogP contribution in [0.3, 0.4) is 0 Å². The van der Waals surface area contributed by atoms with E-state index in [1.165, 1.54) is 11.8 Å². The second-order valence-electron chi connectivity index (χ2n) is 7.34. The zero-order valence-corrected chi connectivity index (χ0v) is 19.5. The molecule has 0 saturated heterocycles. The largest absolute Gasteiger partial charge is 0.325 e. The van der Waals surface area contributed by atoms with Crippen LogP contribution in [0.1, 0.15) is 11.4 Å². The Hall–Kier alpha value is -3.43. The lowest BCUT2D eigenvalue weighted by atomic mass is 10.2. The first-order chi connectivity index (χ1) is 15.9. The molecule has 1 N–H and O–H groups in total. The van der Waals surface area contributed by atoms with Crippen LogP contribution in [-0.4, -0.2) is 34.8 Å². The molecule has 1 heterocycles. The molecule has 0 atom stereocenters. The molecule has 0 spiro atoms. The van der Waals surface area contributed by atoms with Crippen LogP contribution in [0.25, 0.3) is 5.69 Å². The molecule has 168 valence electrons. The van der Waals surface area contributed by atoms with E-state index in [-0.39, 0.29) is 28.1 Å². The highest BCUT2D eigenvalue weighted by atomic mass is 32.2. The third-order valence-corrected chi connectivity index (χ3v) is 7.36. The number of thioether (sulfide) groups is 1. The lowest BCUT2D eigenvalue weighted by Crippen LogP contribution is -2.15. The molecule has 3 aromatic carbocycles. The van der Waals surface area contributed by atoms with E-state index in [0.29, 0.717) is 10.8 Å². The predicted octanol–water partition coefficient (Wildman–Crippen LogP) is 4.28. The molecule has 0 aliphatic carbocycles. The summed E-state index contributed by atoms with van der Waals surface area (Å²) in [6.45, 7) is 1.90. The van der Waals surface area contributed by atoms with Crippen LogP contribution in [0.5, 0.6) is 0 Å². The van der Waals surface area contributed by atoms with Gasteiger partial charge in [-0.25, -0.2) is 8.42 Å². The number of carbonyl (C=O) groups excluding carboxylic acids is 1. The lowest BCUT2D eigenvalue weighted by molar-refractivity contribution is -0.113. The summed E-state index contributed by atoms with van der Waals surface area (Å²) >= 11 is 1.20. The van der Waals surface area contributed by atoms with Crippen molar-refractivity contribution in [2.24, 2.45) is 0 Å². The number of sulfone groups is 1. The van der Waals surface area contributed by atoms with Gasteiger partial charge >= 0.3 is 0 Å². The van der Waals surface area contributed by atoms with Crippen LogP contribution < -0.4 is 5.32 Å². The van der Waals surface area contributed by atoms with E-state index in [0.717, 1.165) is 11.3 Å². The highest BCUT2D eigenvalue weighted by Crippen LogP contribution is 2.25. The molecule has 0 aliphatic rings. The van der Waals surface area contributed by atoms with Crippen LogP contribution in [0, 0.1) is 6.92 Å². The Bertz CT molecular complexity index is 1340. The van der Waals surface area contributed by atoms with Gasteiger partial charge < -0.3 is 5.32 Å². The first kappa shape index (κ1) is 22.8. The topological polar surface area (TPSA) is 94.0 Å². The molecule has 0 unspecified atom stereocenters. The van der Waals surface area contributed by atoms with E-state index in [2.05, 4.69) is 15.5 Å². The van der Waals surface area contributed by atoms with Crippen LogP contribution >= 0.6 is 11.8 Å². The number of nitrogens with zero attached hydrogens (tertiary/aromatic N) is 3. The Labute approximate surface area is 196 Å². The number of nitrogens with one attached hydrogen (secondary N) is 1. The van der Waals surface area contributed by atoms with Gasteiger partial charge in [-0.05, 0) is 43.3 Å². The quantitative estimate of drug-likeness (QED) is 0.380. The van der Waals surface area contributed by atoms with Crippen LogP contribution in [0.2, 0.25) is 0 Å². The minimum absolute atomic E-state index is 0.102. The molecule has 1 aromatic heterocycles. The van der Waals surface area contributed by atoms with Crippen LogP contribution in [0.15, 0.2) is 95.0 Å². The second-order valence-corrected chi connectivity index (χ2v) is 10.3. The molecule has 0 aliphatic heterocycles. The van der Waals surface area contributed by atoms with Gasteiger partial charge in [-0.15, -0.1) is 10.2 Å². The van der Waals surface area contributed by atoms with Crippen molar-refractivity contribution in [1.29, 1.82) is 0 Å². The minimum Gasteiger partial charge on any atom is -0.325 e. The summed E-state index contributed by atoms with van der Waals surface area (Å²) in [6.07, 6.45) is 0. The molecule has 0 fully saturated rings. The zero-order chi connectivity index (χ0) is 23.3. The summed E-state index contributed by atoms with van der Waals surface area (Å²) in [4.78, 5) is 12.6. The SMILES string of the molecule is Cc1ccc(S(=O)(=O)Cc2nnc(SCC(=O)Nc3ccccc3)n2-c2ccccc2)cc1. The number of amides is 1. The van der Waals surface area contributed by atoms with Crippen molar-refractivity contribution in [3.8, 4) is 5.69 Å². The van der Waals surface area contributed by atoms with E-state index in [1.807, 2.05) is 67.6 Å². The summed E-state index contributed by atoms with van der Waals surface area (Å²) in [5, 5.41) is 11.6. The number of rotatable bonds is 8. The maximum Gasteiger partial charge on any atom is 0.234 e. The Balaban J connectivity index is 1.58. The fraction of sp³-hybridized carbons (Fsp3) is 0.125. The van der Waals surface area contributed by atoms with Crippen molar-refractivity contribution in [3.05, 3.63) is 96.3 Å². The average Bonchev–Trinajstić information content (AvgIpc) is 3.21. The molecule has 7 nitrogen and oxygen atoms in total. The molecule has 9 heteroatoms. The van der Waals surface area contributed by atoms with Crippen molar-refractivity contribution in [3.63, 3.8) is 0 Å². The summed E-state index contributed by atoms with van der Waals surface area (Å²) in [6, 6.07) is 25.2. The summed E-state index contributed by atoms with van der Waals surface area (Å²) in [7, 11) is -3.63. The molecule has 4 aromatic rings. The van der Waals surface area contributed by atoms with E-state index in [9.17, 15) is 13.2 Å². The van der Waals surface area contributed by atoms with Gasteiger partial charge in [-0.3, -0.25) is 9.36 Å². The normalized spacial score (nSPS) is 11.3. The maximum absolute atomic E-state index is 13.0. The van der Waals surface area contributed by atoms with E-state index < -0.39 is 9.84 Å². The number of aromatic nitrogens is 3. The minimum atomic E-state index is -3.63. The summed E-state index contributed by atoms with van der Waals surface area (Å²) in [5.41, 5.74) is 2.41. The smallest absolute Gasteiger partial charge is 0.234 e. The Morgan fingerprint density at radius 2 is 1.55 bits per heavy atom. The Morgan fingerprint density at radius 3 is 2.21 bits per heavy atom. The van der Waals surface area contributed by atoms with Gasteiger partial charge in [0.05, 0.1) is 10.6 Å². The van der Waals surface area contributed by atoms with E-state index >= 15 is 0 Å². The fourth-order valence-electron chi connectivity index (χ4n) is 3.17. The number of anilines is 1. The number of hydrogen-bond acceptors (Lipinski definition) is 6. The highest BCUT2D eigenvalue weighted by molar-refractivity contribution is 7.99. The number of hydrogen-bond donors (Lipinski definition) is 1. The fourth-order valence-corrected chi connectivity index (χ4v) is 5.19. The second kappa shape index (κ2) is 10.0. The van der Waals surface area contributed by atoms with Crippen LogP contribution in [-0.2, 0) is 20.4 Å². The average molecular weight is 479 g/mol. The number of carbonyl (C=O) groups is 1. The molecule has 0 saturated carbocycles. The van der Waals surface area contributed by atoms with Crippen molar-refractivity contribution in [2.45, 2.75) is 22.7 Å². The monoisotopic (exact) mass is 478 g/mol. The Morgan fingerprint density at radius 1 is 0.909 bits per heavy atom. The molecule has 0 radical (unpaired) electrons. The number of para-hydroxylation sites is 2. The van der Waals surface area contributed by atoms with Gasteiger partial charge in [-0.2, -0.15) is 0 Å². The lowest BCUT2D eigenvalue weighted by Gasteiger charge is -2.11. The third kappa shape index (κ3) is 5.68. The summed E-state index contributed by atoms with van der Waals surface area (Å²) < 4.78 is 27.7. The Kier molecular flexibility index (Phi) is 6.90. The van der Waals surface area contributed by atoms with Crippen molar-refractivity contribution >= 4 is 33.2 Å². The maximum atomic E-state index is 13.0. The van der Waals surface area contributed by atoms with Gasteiger partial charge in [0, 0.05) is 11.4 Å². The first-order valence-electron chi connectivity index (χ1n) is 10.2. The van der Waals surface area contributed by atoms with Crippen LogP contribution in [0.4, 0.5) is 5.69 Å². The molecular formula is C24H22N4O3S2. The number of aryl methyl sites for hydroxylation is 1. The zero-order valence-electron chi connectivity index (χ0n) is 17.9. The standard InChI is InChI=1S/C24H22N4O3S2/c1-18-12-14-21(15-13-18)33(30,31)17-22-26-27-24(28(22)20-10-6-3-7-11-20)32-16-23(29)25-19-8-4-2-5-9-19/h2-15H,16-17H2,1H3,(H,25,29). The van der Waals surface area contributed by atoms with Gasteiger partial charge in [0.15, 0.2) is 20.8 Å². The van der Waals surface area contributed by atoms with Gasteiger partial charge in [0.25, 0.3) is 0 Å². The van der Waals surface area contributed by atoms with Crippen molar-refractivity contribution in [2.75, 3.05) is 11.1 Å². The molecular weight excluding hydrogens is 456 g/mol. The number of benzene rings is 3.